The van der Waals surface area contributed by atoms with Crippen LogP contribution in [-0.4, -0.2) is 34.4 Å². The number of benzene rings is 1. The van der Waals surface area contributed by atoms with Crippen LogP contribution < -0.4 is 5.32 Å². The molecule has 1 N–H and O–H groups in total. The minimum absolute atomic E-state index is 0.117. The predicted octanol–water partition coefficient (Wildman–Crippen LogP) is 2.56. The van der Waals surface area contributed by atoms with E-state index in [1.165, 1.54) is 6.26 Å². The summed E-state index contributed by atoms with van der Waals surface area (Å²) in [5.41, 5.74) is 0.811. The van der Waals surface area contributed by atoms with Gasteiger partial charge in [-0.25, -0.2) is 8.42 Å². The Kier molecular flexibility index (Phi) is 5.74. The summed E-state index contributed by atoms with van der Waals surface area (Å²) in [6, 6.07) is 7.24. The van der Waals surface area contributed by atoms with E-state index in [0.717, 1.165) is 18.4 Å². The van der Waals surface area contributed by atoms with Crippen LogP contribution in [0, 0.1) is 0 Å². The van der Waals surface area contributed by atoms with Crippen molar-refractivity contribution in [2.45, 2.75) is 43.2 Å². The Hall–Kier alpha value is -0.910. The lowest BCUT2D eigenvalue weighted by Crippen LogP contribution is -2.26. The highest BCUT2D eigenvalue weighted by Crippen LogP contribution is 2.25. The van der Waals surface area contributed by atoms with Crippen molar-refractivity contribution in [3.05, 3.63) is 29.8 Å². The second-order valence-electron chi connectivity index (χ2n) is 5.69. The Labute approximate surface area is 122 Å². The molecular formula is C15H25NO3S. The summed E-state index contributed by atoms with van der Waals surface area (Å²) in [6.45, 7) is 4.10. The maximum Gasteiger partial charge on any atom is 0.175 e. The van der Waals surface area contributed by atoms with Crippen LogP contribution in [-0.2, 0) is 14.6 Å². The third-order valence-corrected chi connectivity index (χ3v) is 4.73. The third-order valence-electron chi connectivity index (χ3n) is 3.62. The normalized spacial score (nSPS) is 14.2. The lowest BCUT2D eigenvalue weighted by Gasteiger charge is -2.26. The maximum atomic E-state index is 11.6. The van der Waals surface area contributed by atoms with E-state index >= 15 is 0 Å². The van der Waals surface area contributed by atoms with Crippen molar-refractivity contribution in [2.24, 2.45) is 0 Å². The third kappa shape index (κ3) is 4.89. The van der Waals surface area contributed by atoms with E-state index in [1.807, 2.05) is 27.0 Å². The van der Waals surface area contributed by atoms with Crippen LogP contribution in [0.3, 0.4) is 0 Å². The highest BCUT2D eigenvalue weighted by Gasteiger charge is 2.20. The van der Waals surface area contributed by atoms with Crippen molar-refractivity contribution in [3.8, 4) is 0 Å². The Morgan fingerprint density at radius 3 is 2.50 bits per heavy atom. The molecule has 0 saturated carbocycles. The van der Waals surface area contributed by atoms with Gasteiger partial charge in [-0.2, -0.15) is 0 Å². The molecule has 114 valence electrons. The molecule has 1 aromatic carbocycles. The number of ether oxygens (including phenoxy) is 1. The molecule has 0 aliphatic heterocycles. The van der Waals surface area contributed by atoms with Crippen LogP contribution in [0.15, 0.2) is 29.2 Å². The smallest absolute Gasteiger partial charge is 0.175 e. The van der Waals surface area contributed by atoms with Crippen molar-refractivity contribution < 1.29 is 13.2 Å². The summed E-state index contributed by atoms with van der Waals surface area (Å²) in [6.07, 6.45) is 3.00. The zero-order valence-corrected chi connectivity index (χ0v) is 13.8. The van der Waals surface area contributed by atoms with E-state index in [2.05, 4.69) is 5.32 Å². The van der Waals surface area contributed by atoms with Gasteiger partial charge in [-0.1, -0.05) is 12.1 Å². The number of nitrogens with one attached hydrogen (secondary N) is 1. The number of sulfone groups is 1. The quantitative estimate of drug-likeness (QED) is 0.840. The minimum Gasteiger partial charge on any atom is -0.379 e. The topological polar surface area (TPSA) is 55.4 Å². The van der Waals surface area contributed by atoms with Crippen LogP contribution in [0.25, 0.3) is 0 Å². The molecule has 0 spiro atoms. The molecule has 1 atom stereocenters. The second kappa shape index (κ2) is 6.70. The molecule has 0 amide bonds. The lowest BCUT2D eigenvalue weighted by molar-refractivity contribution is 0.0118. The van der Waals surface area contributed by atoms with E-state index in [0.29, 0.717) is 4.90 Å². The first kappa shape index (κ1) is 17.1. The summed E-state index contributed by atoms with van der Waals surface area (Å²) in [5.74, 6) is 0. The molecule has 0 aliphatic rings. The first-order chi connectivity index (χ1) is 9.19. The van der Waals surface area contributed by atoms with Gasteiger partial charge in [0, 0.05) is 19.4 Å². The maximum absolute atomic E-state index is 11.6. The van der Waals surface area contributed by atoms with Gasteiger partial charge in [-0.05, 0) is 51.4 Å². The Balaban J connectivity index is 2.91. The van der Waals surface area contributed by atoms with Crippen molar-refractivity contribution in [3.63, 3.8) is 0 Å². The number of methoxy groups -OCH3 is 1. The highest BCUT2D eigenvalue weighted by atomic mass is 32.2. The summed E-state index contributed by atoms with van der Waals surface area (Å²) in [4.78, 5) is 0.362. The molecule has 0 bridgehead atoms. The van der Waals surface area contributed by atoms with Crippen LogP contribution in [0.5, 0.6) is 0 Å². The minimum atomic E-state index is -3.17. The molecular weight excluding hydrogens is 274 g/mol. The first-order valence-electron chi connectivity index (χ1n) is 6.72. The van der Waals surface area contributed by atoms with E-state index in [9.17, 15) is 8.42 Å². The first-order valence-corrected chi connectivity index (χ1v) is 8.61. The number of rotatable bonds is 7. The Morgan fingerprint density at radius 1 is 1.35 bits per heavy atom. The van der Waals surface area contributed by atoms with Crippen molar-refractivity contribution in [1.29, 1.82) is 0 Å². The lowest BCUT2D eigenvalue weighted by atomic mass is 9.95. The number of hydrogen-bond donors (Lipinski definition) is 1. The number of hydrogen-bond acceptors (Lipinski definition) is 4. The fourth-order valence-corrected chi connectivity index (χ4v) is 2.71. The fraction of sp³-hybridized carbons (Fsp3) is 0.600. The summed E-state index contributed by atoms with van der Waals surface area (Å²) in [7, 11) is 0.426. The van der Waals surface area contributed by atoms with Gasteiger partial charge >= 0.3 is 0 Å². The van der Waals surface area contributed by atoms with Crippen LogP contribution in [0.2, 0.25) is 0 Å². The predicted molar refractivity (Wildman–Crippen MR) is 81.7 cm³/mol. The van der Waals surface area contributed by atoms with Gasteiger partial charge in [0.15, 0.2) is 9.84 Å². The van der Waals surface area contributed by atoms with Crippen LogP contribution in [0.4, 0.5) is 0 Å². The average molecular weight is 299 g/mol. The summed E-state index contributed by atoms with van der Waals surface area (Å²) < 4.78 is 28.7. The Morgan fingerprint density at radius 2 is 2.00 bits per heavy atom. The highest BCUT2D eigenvalue weighted by molar-refractivity contribution is 7.90. The molecule has 4 nitrogen and oxygen atoms in total. The molecule has 0 saturated heterocycles. The molecule has 1 unspecified atom stereocenters. The molecule has 0 fully saturated rings. The monoisotopic (exact) mass is 299 g/mol. The van der Waals surface area contributed by atoms with Crippen LogP contribution in [0.1, 0.15) is 38.3 Å². The van der Waals surface area contributed by atoms with Gasteiger partial charge < -0.3 is 10.1 Å². The average Bonchev–Trinajstić information content (AvgIpc) is 2.39. The standard InChI is InChI=1S/C15H25NO3S/c1-15(2,19-4)10-9-14(16-3)12-7-6-8-13(11-12)20(5,17)18/h6-8,11,14,16H,9-10H2,1-5H3. The molecule has 0 heterocycles. The van der Waals surface area contributed by atoms with Gasteiger partial charge in [0.25, 0.3) is 0 Å². The molecule has 0 aromatic heterocycles. The second-order valence-corrected chi connectivity index (χ2v) is 7.70. The molecule has 20 heavy (non-hydrogen) atoms. The van der Waals surface area contributed by atoms with Crippen molar-refractivity contribution in [2.75, 3.05) is 20.4 Å². The SMILES string of the molecule is CNC(CCC(C)(C)OC)c1cccc(S(C)(=O)=O)c1. The van der Waals surface area contributed by atoms with E-state index in [4.69, 9.17) is 4.74 Å². The molecule has 5 heteroatoms. The Bertz CT molecular complexity index is 538. The van der Waals surface area contributed by atoms with Gasteiger partial charge in [0.05, 0.1) is 10.5 Å². The molecule has 1 rings (SSSR count). The van der Waals surface area contributed by atoms with E-state index < -0.39 is 9.84 Å². The zero-order chi connectivity index (χ0) is 15.4. The van der Waals surface area contributed by atoms with Gasteiger partial charge in [0.2, 0.25) is 0 Å². The van der Waals surface area contributed by atoms with Gasteiger partial charge in [-0.15, -0.1) is 0 Å². The van der Waals surface area contributed by atoms with Gasteiger partial charge in [0.1, 0.15) is 0 Å². The fourth-order valence-electron chi connectivity index (χ4n) is 2.03. The molecule has 0 radical (unpaired) electrons. The van der Waals surface area contributed by atoms with Crippen molar-refractivity contribution >= 4 is 9.84 Å². The van der Waals surface area contributed by atoms with Gasteiger partial charge in [-0.3, -0.25) is 0 Å². The van der Waals surface area contributed by atoms with E-state index in [1.54, 1.807) is 25.3 Å². The molecule has 1 aromatic rings. The van der Waals surface area contributed by atoms with Crippen molar-refractivity contribution in [1.82, 2.24) is 5.32 Å². The largest absolute Gasteiger partial charge is 0.379 e. The zero-order valence-electron chi connectivity index (χ0n) is 12.9. The van der Waals surface area contributed by atoms with E-state index in [-0.39, 0.29) is 11.6 Å². The van der Waals surface area contributed by atoms with Crippen LogP contribution >= 0.6 is 0 Å². The summed E-state index contributed by atoms with van der Waals surface area (Å²) in [5, 5.41) is 3.24. The molecule has 0 aliphatic carbocycles. The summed E-state index contributed by atoms with van der Waals surface area (Å²) >= 11 is 0.